The fourth-order valence-corrected chi connectivity index (χ4v) is 0.964. The van der Waals surface area contributed by atoms with Gasteiger partial charge in [-0.2, -0.15) is 5.26 Å². The third-order valence-corrected chi connectivity index (χ3v) is 1.60. The summed E-state index contributed by atoms with van der Waals surface area (Å²) in [7, 11) is 3.48. The molecule has 1 aromatic carbocycles. The first kappa shape index (κ1) is 10.2. The van der Waals surface area contributed by atoms with Crippen LogP contribution in [0.25, 0.3) is 0 Å². The SMILES string of the molecule is CN(C)NC(=O)c1ccc(C#N)cc1. The minimum Gasteiger partial charge on any atom is -0.285 e. The smallest absolute Gasteiger partial charge is 0.265 e. The summed E-state index contributed by atoms with van der Waals surface area (Å²) in [5, 5.41) is 10.1. The van der Waals surface area contributed by atoms with Crippen LogP contribution >= 0.6 is 0 Å². The van der Waals surface area contributed by atoms with Crippen molar-refractivity contribution in [1.29, 1.82) is 5.26 Å². The van der Waals surface area contributed by atoms with Crippen LogP contribution in [0.3, 0.4) is 0 Å². The molecule has 0 aliphatic carbocycles. The van der Waals surface area contributed by atoms with E-state index in [0.717, 1.165) is 0 Å². The Balaban J connectivity index is 2.78. The molecule has 0 atom stereocenters. The molecule has 0 heterocycles. The van der Waals surface area contributed by atoms with Gasteiger partial charge in [-0.05, 0) is 24.3 Å². The van der Waals surface area contributed by atoms with Gasteiger partial charge in [-0.3, -0.25) is 10.2 Å². The maximum absolute atomic E-state index is 11.4. The molecule has 72 valence electrons. The van der Waals surface area contributed by atoms with E-state index in [-0.39, 0.29) is 5.91 Å². The number of amides is 1. The Morgan fingerprint density at radius 2 is 1.93 bits per heavy atom. The maximum Gasteiger partial charge on any atom is 0.265 e. The zero-order chi connectivity index (χ0) is 10.6. The van der Waals surface area contributed by atoms with Gasteiger partial charge in [0.25, 0.3) is 5.91 Å². The summed E-state index contributed by atoms with van der Waals surface area (Å²) >= 11 is 0. The van der Waals surface area contributed by atoms with E-state index in [1.807, 2.05) is 6.07 Å². The van der Waals surface area contributed by atoms with E-state index in [1.54, 1.807) is 43.4 Å². The number of nitrogens with one attached hydrogen (secondary N) is 1. The van der Waals surface area contributed by atoms with Gasteiger partial charge in [0, 0.05) is 19.7 Å². The molecule has 0 fully saturated rings. The number of nitrogens with zero attached hydrogens (tertiary/aromatic N) is 2. The van der Waals surface area contributed by atoms with Gasteiger partial charge < -0.3 is 0 Å². The summed E-state index contributed by atoms with van der Waals surface area (Å²) in [6.07, 6.45) is 0. The maximum atomic E-state index is 11.4. The van der Waals surface area contributed by atoms with Crippen molar-refractivity contribution in [3.8, 4) is 6.07 Å². The summed E-state index contributed by atoms with van der Waals surface area (Å²) in [5.74, 6) is -0.181. The first-order chi connectivity index (χ1) is 6.63. The number of hydrogen-bond donors (Lipinski definition) is 1. The Morgan fingerprint density at radius 3 is 2.36 bits per heavy atom. The number of hydrogen-bond acceptors (Lipinski definition) is 3. The quantitative estimate of drug-likeness (QED) is 0.699. The monoisotopic (exact) mass is 189 g/mol. The van der Waals surface area contributed by atoms with Crippen LogP contribution in [-0.2, 0) is 0 Å². The fraction of sp³-hybridized carbons (Fsp3) is 0.200. The predicted octanol–water partition coefficient (Wildman–Crippen LogP) is 0.765. The van der Waals surface area contributed by atoms with Crippen LogP contribution in [-0.4, -0.2) is 25.0 Å². The molecule has 0 saturated carbocycles. The molecule has 0 aliphatic heterocycles. The van der Waals surface area contributed by atoms with E-state index in [4.69, 9.17) is 5.26 Å². The fourth-order valence-electron chi connectivity index (χ4n) is 0.964. The summed E-state index contributed by atoms with van der Waals surface area (Å²) in [6, 6.07) is 8.47. The van der Waals surface area contributed by atoms with E-state index in [0.29, 0.717) is 11.1 Å². The van der Waals surface area contributed by atoms with Gasteiger partial charge in [-0.1, -0.05) is 0 Å². The second kappa shape index (κ2) is 4.40. The van der Waals surface area contributed by atoms with Crippen molar-refractivity contribution in [1.82, 2.24) is 10.4 Å². The van der Waals surface area contributed by atoms with E-state index in [2.05, 4.69) is 5.43 Å². The minimum absolute atomic E-state index is 0.181. The van der Waals surface area contributed by atoms with Crippen molar-refractivity contribution >= 4 is 5.91 Å². The molecule has 0 bridgehead atoms. The molecule has 0 aromatic heterocycles. The molecule has 0 unspecified atom stereocenters. The van der Waals surface area contributed by atoms with E-state index >= 15 is 0 Å². The van der Waals surface area contributed by atoms with Crippen LogP contribution in [0.2, 0.25) is 0 Å². The Kier molecular flexibility index (Phi) is 3.21. The lowest BCUT2D eigenvalue weighted by molar-refractivity contribution is 0.0857. The molecule has 1 rings (SSSR count). The Bertz CT molecular complexity index is 362. The van der Waals surface area contributed by atoms with Crippen molar-refractivity contribution in [2.45, 2.75) is 0 Å². The van der Waals surface area contributed by atoms with Crippen LogP contribution in [0.5, 0.6) is 0 Å². The lowest BCUT2D eigenvalue weighted by Crippen LogP contribution is -2.36. The van der Waals surface area contributed by atoms with Gasteiger partial charge in [0.15, 0.2) is 0 Å². The third kappa shape index (κ3) is 2.57. The normalized spacial score (nSPS) is 9.57. The molecule has 4 nitrogen and oxygen atoms in total. The minimum atomic E-state index is -0.181. The Morgan fingerprint density at radius 1 is 1.36 bits per heavy atom. The molecule has 14 heavy (non-hydrogen) atoms. The van der Waals surface area contributed by atoms with Gasteiger partial charge in [-0.15, -0.1) is 0 Å². The van der Waals surface area contributed by atoms with Crippen LogP contribution < -0.4 is 5.43 Å². The molecule has 0 saturated heterocycles. The molecule has 1 aromatic rings. The lowest BCUT2D eigenvalue weighted by atomic mass is 10.1. The first-order valence-electron chi connectivity index (χ1n) is 4.12. The molecule has 1 amide bonds. The zero-order valence-corrected chi connectivity index (χ0v) is 8.11. The summed E-state index contributed by atoms with van der Waals surface area (Å²) in [4.78, 5) is 11.4. The van der Waals surface area contributed by atoms with Crippen LogP contribution in [0.15, 0.2) is 24.3 Å². The lowest BCUT2D eigenvalue weighted by Gasteiger charge is -2.11. The van der Waals surface area contributed by atoms with Gasteiger partial charge in [0.2, 0.25) is 0 Å². The van der Waals surface area contributed by atoms with Crippen molar-refractivity contribution in [3.05, 3.63) is 35.4 Å². The molecule has 4 heteroatoms. The average molecular weight is 189 g/mol. The van der Waals surface area contributed by atoms with Crippen molar-refractivity contribution in [3.63, 3.8) is 0 Å². The zero-order valence-electron chi connectivity index (χ0n) is 8.11. The largest absolute Gasteiger partial charge is 0.285 e. The Hall–Kier alpha value is -1.86. The summed E-state index contributed by atoms with van der Waals surface area (Å²) in [5.41, 5.74) is 3.70. The van der Waals surface area contributed by atoms with E-state index in [9.17, 15) is 4.79 Å². The number of carbonyl (C=O) groups excluding carboxylic acids is 1. The van der Waals surface area contributed by atoms with Gasteiger partial charge in [-0.25, -0.2) is 5.01 Å². The summed E-state index contributed by atoms with van der Waals surface area (Å²) < 4.78 is 0. The van der Waals surface area contributed by atoms with Gasteiger partial charge in [0.05, 0.1) is 11.6 Å². The number of hydrazine groups is 1. The van der Waals surface area contributed by atoms with Crippen molar-refractivity contribution in [2.75, 3.05) is 14.1 Å². The number of rotatable bonds is 2. The van der Waals surface area contributed by atoms with E-state index < -0.39 is 0 Å². The Labute approximate surface area is 82.7 Å². The molecule has 0 spiro atoms. The number of nitriles is 1. The second-order valence-electron chi connectivity index (χ2n) is 3.02. The topological polar surface area (TPSA) is 56.1 Å². The predicted molar refractivity (Wildman–Crippen MR) is 52.3 cm³/mol. The molecular formula is C10H11N3O. The van der Waals surface area contributed by atoms with Gasteiger partial charge in [0.1, 0.15) is 0 Å². The second-order valence-corrected chi connectivity index (χ2v) is 3.02. The van der Waals surface area contributed by atoms with Crippen molar-refractivity contribution in [2.24, 2.45) is 0 Å². The van der Waals surface area contributed by atoms with Crippen LogP contribution in [0, 0.1) is 11.3 Å². The van der Waals surface area contributed by atoms with Crippen LogP contribution in [0.1, 0.15) is 15.9 Å². The van der Waals surface area contributed by atoms with Crippen LogP contribution in [0.4, 0.5) is 0 Å². The third-order valence-electron chi connectivity index (χ3n) is 1.60. The highest BCUT2D eigenvalue weighted by molar-refractivity contribution is 5.93. The average Bonchev–Trinajstić information content (AvgIpc) is 2.17. The van der Waals surface area contributed by atoms with Gasteiger partial charge >= 0.3 is 0 Å². The van der Waals surface area contributed by atoms with Crippen molar-refractivity contribution < 1.29 is 4.79 Å². The molecule has 0 aliphatic rings. The highest BCUT2D eigenvalue weighted by atomic mass is 16.2. The highest BCUT2D eigenvalue weighted by Gasteiger charge is 2.04. The standard InChI is InChI=1S/C10H11N3O/c1-13(2)12-10(14)9-5-3-8(7-11)4-6-9/h3-6H,1-2H3,(H,12,14). The molecule has 1 N–H and O–H groups in total. The number of carbonyl (C=O) groups is 1. The molecule has 0 radical (unpaired) electrons. The highest BCUT2D eigenvalue weighted by Crippen LogP contribution is 2.02. The van der Waals surface area contributed by atoms with E-state index in [1.165, 1.54) is 0 Å². The first-order valence-corrected chi connectivity index (χ1v) is 4.12. The number of benzene rings is 1. The summed E-state index contributed by atoms with van der Waals surface area (Å²) in [6.45, 7) is 0. The molecular weight excluding hydrogens is 178 g/mol.